The molecular formula is C14H21N5O2. The molecule has 0 spiro atoms. The van der Waals surface area contributed by atoms with E-state index < -0.39 is 0 Å². The molecule has 0 amide bonds. The maximum absolute atomic E-state index is 5.93. The van der Waals surface area contributed by atoms with E-state index in [-0.39, 0.29) is 5.54 Å². The van der Waals surface area contributed by atoms with Gasteiger partial charge in [0.1, 0.15) is 5.75 Å². The van der Waals surface area contributed by atoms with Crippen LogP contribution in [0.2, 0.25) is 0 Å². The Labute approximate surface area is 124 Å². The van der Waals surface area contributed by atoms with Gasteiger partial charge in [-0.1, -0.05) is 0 Å². The van der Waals surface area contributed by atoms with Crippen LogP contribution in [0.15, 0.2) is 18.2 Å². The number of aromatic nitrogens is 4. The molecular weight excluding hydrogens is 270 g/mol. The van der Waals surface area contributed by atoms with Gasteiger partial charge >= 0.3 is 0 Å². The van der Waals surface area contributed by atoms with Crippen LogP contribution in [0.25, 0.3) is 11.4 Å². The van der Waals surface area contributed by atoms with Crippen molar-refractivity contribution in [1.82, 2.24) is 20.2 Å². The molecule has 7 nitrogen and oxygen atoms in total. The summed E-state index contributed by atoms with van der Waals surface area (Å²) in [5.74, 6) is 1.33. The van der Waals surface area contributed by atoms with Gasteiger partial charge in [0.05, 0.1) is 18.8 Å². The van der Waals surface area contributed by atoms with Gasteiger partial charge in [-0.3, -0.25) is 0 Å². The number of benzene rings is 1. The van der Waals surface area contributed by atoms with E-state index in [1.807, 2.05) is 32.9 Å². The minimum Gasteiger partial charge on any atom is -0.494 e. The fourth-order valence-electron chi connectivity index (χ4n) is 2.19. The van der Waals surface area contributed by atoms with Gasteiger partial charge in [-0.05, 0) is 43.3 Å². The first-order valence-corrected chi connectivity index (χ1v) is 6.79. The highest BCUT2D eigenvalue weighted by Crippen LogP contribution is 2.28. The standard InChI is InChI=1S/C14H21N5O2/c1-5-21-12-7-10(6-11(15)8-12)13-16-17-18-19(13)14(2,3)9-20-4/h6-8H,5,9,15H2,1-4H3. The molecule has 0 unspecified atom stereocenters. The number of hydrogen-bond acceptors (Lipinski definition) is 6. The molecule has 114 valence electrons. The van der Waals surface area contributed by atoms with Crippen LogP contribution in [-0.2, 0) is 10.3 Å². The summed E-state index contributed by atoms with van der Waals surface area (Å²) < 4.78 is 12.5. The van der Waals surface area contributed by atoms with Crippen LogP contribution in [0.1, 0.15) is 20.8 Å². The number of nitrogens with zero attached hydrogens (tertiary/aromatic N) is 4. The van der Waals surface area contributed by atoms with E-state index in [0.29, 0.717) is 30.5 Å². The monoisotopic (exact) mass is 291 g/mol. The Morgan fingerprint density at radius 3 is 2.71 bits per heavy atom. The van der Waals surface area contributed by atoms with Crippen molar-refractivity contribution in [3.8, 4) is 17.1 Å². The Morgan fingerprint density at radius 1 is 1.29 bits per heavy atom. The van der Waals surface area contributed by atoms with Crippen LogP contribution in [0, 0.1) is 0 Å². The highest BCUT2D eigenvalue weighted by Gasteiger charge is 2.26. The lowest BCUT2D eigenvalue weighted by Crippen LogP contribution is -2.33. The van der Waals surface area contributed by atoms with Gasteiger partial charge < -0.3 is 15.2 Å². The summed E-state index contributed by atoms with van der Waals surface area (Å²) in [6.45, 7) is 7.00. The van der Waals surface area contributed by atoms with Crippen molar-refractivity contribution in [2.75, 3.05) is 26.1 Å². The number of tetrazole rings is 1. The van der Waals surface area contributed by atoms with E-state index in [9.17, 15) is 0 Å². The first-order chi connectivity index (χ1) is 9.97. The van der Waals surface area contributed by atoms with Crippen molar-refractivity contribution in [2.45, 2.75) is 26.3 Å². The Bertz CT molecular complexity index is 609. The number of hydrogen-bond donors (Lipinski definition) is 1. The molecule has 0 aliphatic carbocycles. The van der Waals surface area contributed by atoms with Crippen LogP contribution in [0.5, 0.6) is 5.75 Å². The third-order valence-electron chi connectivity index (χ3n) is 3.04. The first-order valence-electron chi connectivity index (χ1n) is 6.79. The van der Waals surface area contributed by atoms with Gasteiger partial charge in [0.25, 0.3) is 0 Å². The Hall–Kier alpha value is -2.15. The van der Waals surface area contributed by atoms with Gasteiger partial charge in [-0.2, -0.15) is 0 Å². The molecule has 0 aliphatic heterocycles. The maximum atomic E-state index is 5.93. The summed E-state index contributed by atoms with van der Waals surface area (Å²) in [6.07, 6.45) is 0. The smallest absolute Gasteiger partial charge is 0.182 e. The number of ether oxygens (including phenoxy) is 2. The van der Waals surface area contributed by atoms with E-state index in [2.05, 4.69) is 15.5 Å². The largest absolute Gasteiger partial charge is 0.494 e. The molecule has 2 aromatic rings. The predicted molar refractivity (Wildman–Crippen MR) is 80.0 cm³/mol. The Morgan fingerprint density at radius 2 is 2.05 bits per heavy atom. The quantitative estimate of drug-likeness (QED) is 0.815. The van der Waals surface area contributed by atoms with E-state index in [4.69, 9.17) is 15.2 Å². The molecule has 1 aromatic carbocycles. The number of nitrogen functional groups attached to an aromatic ring is 1. The minimum atomic E-state index is -0.371. The van der Waals surface area contributed by atoms with Crippen LogP contribution < -0.4 is 10.5 Å². The summed E-state index contributed by atoms with van der Waals surface area (Å²) in [7, 11) is 1.65. The summed E-state index contributed by atoms with van der Waals surface area (Å²) >= 11 is 0. The lowest BCUT2D eigenvalue weighted by molar-refractivity contribution is 0.101. The van der Waals surface area contributed by atoms with Crippen molar-refractivity contribution < 1.29 is 9.47 Å². The summed E-state index contributed by atoms with van der Waals surface area (Å²) in [4.78, 5) is 0. The molecule has 0 saturated heterocycles. The molecule has 7 heteroatoms. The topological polar surface area (TPSA) is 88.1 Å². The Kier molecular flexibility index (Phi) is 4.42. The van der Waals surface area contributed by atoms with E-state index >= 15 is 0 Å². The number of rotatable bonds is 6. The highest BCUT2D eigenvalue weighted by atomic mass is 16.5. The average Bonchev–Trinajstić information content (AvgIpc) is 2.88. The molecule has 2 rings (SSSR count). The average molecular weight is 291 g/mol. The lowest BCUT2D eigenvalue weighted by Gasteiger charge is -2.24. The normalized spacial score (nSPS) is 11.6. The van der Waals surface area contributed by atoms with Crippen molar-refractivity contribution in [3.05, 3.63) is 18.2 Å². The third kappa shape index (κ3) is 3.30. The molecule has 21 heavy (non-hydrogen) atoms. The number of nitrogens with two attached hydrogens (primary N) is 1. The highest BCUT2D eigenvalue weighted by molar-refractivity contribution is 5.64. The SMILES string of the molecule is CCOc1cc(N)cc(-c2nnnn2C(C)(C)COC)c1. The van der Waals surface area contributed by atoms with Gasteiger partial charge in [-0.15, -0.1) is 5.10 Å². The van der Waals surface area contributed by atoms with Crippen LogP contribution in [-0.4, -0.2) is 40.5 Å². The zero-order valence-corrected chi connectivity index (χ0v) is 12.8. The number of methoxy groups -OCH3 is 1. The summed E-state index contributed by atoms with van der Waals surface area (Å²) in [5.41, 5.74) is 6.98. The molecule has 0 bridgehead atoms. The van der Waals surface area contributed by atoms with Gasteiger partial charge in [0.2, 0.25) is 0 Å². The van der Waals surface area contributed by atoms with E-state index in [1.54, 1.807) is 17.9 Å². The van der Waals surface area contributed by atoms with Gasteiger partial charge in [0, 0.05) is 24.4 Å². The van der Waals surface area contributed by atoms with Gasteiger partial charge in [0.15, 0.2) is 5.82 Å². The van der Waals surface area contributed by atoms with Crippen molar-refractivity contribution in [1.29, 1.82) is 0 Å². The van der Waals surface area contributed by atoms with Gasteiger partial charge in [-0.25, -0.2) is 4.68 Å². The molecule has 0 radical (unpaired) electrons. The second kappa shape index (κ2) is 6.09. The fourth-order valence-corrected chi connectivity index (χ4v) is 2.19. The molecule has 0 aliphatic rings. The zero-order valence-electron chi connectivity index (χ0n) is 12.8. The van der Waals surface area contributed by atoms with Crippen molar-refractivity contribution >= 4 is 5.69 Å². The second-order valence-electron chi connectivity index (χ2n) is 5.38. The summed E-state index contributed by atoms with van der Waals surface area (Å²) in [5, 5.41) is 12.0. The lowest BCUT2D eigenvalue weighted by atomic mass is 10.1. The third-order valence-corrected chi connectivity index (χ3v) is 3.04. The maximum Gasteiger partial charge on any atom is 0.182 e. The number of anilines is 1. The Balaban J connectivity index is 2.46. The van der Waals surface area contributed by atoms with Crippen molar-refractivity contribution in [2.24, 2.45) is 0 Å². The first kappa shape index (κ1) is 15.2. The minimum absolute atomic E-state index is 0.371. The predicted octanol–water partition coefficient (Wildman–Crippen LogP) is 1.70. The molecule has 0 saturated carbocycles. The van der Waals surface area contributed by atoms with Crippen LogP contribution >= 0.6 is 0 Å². The van der Waals surface area contributed by atoms with Crippen LogP contribution in [0.4, 0.5) is 5.69 Å². The fraction of sp³-hybridized carbons (Fsp3) is 0.500. The van der Waals surface area contributed by atoms with E-state index in [1.165, 1.54) is 0 Å². The van der Waals surface area contributed by atoms with Crippen LogP contribution in [0.3, 0.4) is 0 Å². The second-order valence-corrected chi connectivity index (χ2v) is 5.38. The van der Waals surface area contributed by atoms with Crippen molar-refractivity contribution in [3.63, 3.8) is 0 Å². The molecule has 1 heterocycles. The molecule has 1 aromatic heterocycles. The zero-order chi connectivity index (χ0) is 15.5. The molecule has 0 fully saturated rings. The summed E-state index contributed by atoms with van der Waals surface area (Å²) in [6, 6.07) is 5.49. The molecule has 0 atom stereocenters. The molecule has 2 N–H and O–H groups in total. The van der Waals surface area contributed by atoms with E-state index in [0.717, 1.165) is 5.56 Å².